The predicted molar refractivity (Wildman–Crippen MR) is 159 cm³/mol. The molecule has 0 spiro atoms. The highest BCUT2D eigenvalue weighted by Gasteiger charge is 2.24. The van der Waals surface area contributed by atoms with Gasteiger partial charge in [0.2, 0.25) is 9.84 Å². The SMILES string of the molecule is COc1ccc(CCN(C)CCCOc2ccc(S(=O)(=O)c3cc4ccccc4nc3C(C)C)cc2)cc1OC. The number of nitrogens with zero attached hydrogens (tertiary/aromatic N) is 2. The van der Waals surface area contributed by atoms with E-state index in [1.165, 1.54) is 5.56 Å². The molecule has 212 valence electrons. The molecule has 7 nitrogen and oxygen atoms in total. The molecule has 4 aromatic rings. The van der Waals surface area contributed by atoms with Gasteiger partial charge in [0.15, 0.2) is 11.5 Å². The van der Waals surface area contributed by atoms with Crippen molar-refractivity contribution in [2.75, 3.05) is 41.0 Å². The Morgan fingerprint density at radius 3 is 2.30 bits per heavy atom. The van der Waals surface area contributed by atoms with Gasteiger partial charge in [-0.25, -0.2) is 8.42 Å². The van der Waals surface area contributed by atoms with E-state index in [1.54, 1.807) is 44.6 Å². The quantitative estimate of drug-likeness (QED) is 0.181. The van der Waals surface area contributed by atoms with Crippen LogP contribution in [0, 0.1) is 0 Å². The first-order valence-corrected chi connectivity index (χ1v) is 15.0. The Morgan fingerprint density at radius 1 is 0.875 bits per heavy atom. The molecule has 1 heterocycles. The summed E-state index contributed by atoms with van der Waals surface area (Å²) in [6, 6.07) is 22.0. The number of ether oxygens (including phenoxy) is 3. The monoisotopic (exact) mass is 562 g/mol. The van der Waals surface area contributed by atoms with Crippen LogP contribution in [0.15, 0.2) is 82.6 Å². The topological polar surface area (TPSA) is 78.0 Å². The number of pyridine rings is 1. The van der Waals surface area contributed by atoms with Gasteiger partial charge in [-0.3, -0.25) is 4.98 Å². The predicted octanol–water partition coefficient (Wildman–Crippen LogP) is 6.15. The van der Waals surface area contributed by atoms with Crippen molar-refractivity contribution in [1.29, 1.82) is 0 Å². The number of benzene rings is 3. The van der Waals surface area contributed by atoms with E-state index in [2.05, 4.69) is 23.0 Å². The van der Waals surface area contributed by atoms with E-state index in [0.717, 1.165) is 48.3 Å². The fourth-order valence-electron chi connectivity index (χ4n) is 4.57. The van der Waals surface area contributed by atoms with Crippen LogP contribution in [0.5, 0.6) is 17.2 Å². The van der Waals surface area contributed by atoms with Crippen LogP contribution in [-0.2, 0) is 16.3 Å². The van der Waals surface area contributed by atoms with Crippen LogP contribution in [0.4, 0.5) is 0 Å². The van der Waals surface area contributed by atoms with Crippen molar-refractivity contribution in [1.82, 2.24) is 9.88 Å². The number of methoxy groups -OCH3 is 2. The van der Waals surface area contributed by atoms with Crippen molar-refractivity contribution in [3.05, 3.63) is 84.1 Å². The van der Waals surface area contributed by atoms with Crippen LogP contribution >= 0.6 is 0 Å². The van der Waals surface area contributed by atoms with E-state index in [9.17, 15) is 8.42 Å². The van der Waals surface area contributed by atoms with E-state index in [-0.39, 0.29) is 15.7 Å². The van der Waals surface area contributed by atoms with Crippen molar-refractivity contribution < 1.29 is 22.6 Å². The molecule has 0 fully saturated rings. The van der Waals surface area contributed by atoms with Gasteiger partial charge in [0, 0.05) is 18.5 Å². The summed E-state index contributed by atoms with van der Waals surface area (Å²) in [5.74, 6) is 2.08. The maximum atomic E-state index is 13.6. The molecular weight excluding hydrogens is 524 g/mol. The van der Waals surface area contributed by atoms with E-state index in [0.29, 0.717) is 18.1 Å². The third-order valence-electron chi connectivity index (χ3n) is 6.87. The molecule has 0 N–H and O–H groups in total. The van der Waals surface area contributed by atoms with E-state index < -0.39 is 9.84 Å². The number of fused-ring (bicyclic) bond motifs is 1. The second-order valence-electron chi connectivity index (χ2n) is 10.1. The van der Waals surface area contributed by atoms with Gasteiger partial charge in [0.05, 0.1) is 41.8 Å². The van der Waals surface area contributed by atoms with Crippen molar-refractivity contribution in [2.24, 2.45) is 0 Å². The Kier molecular flexibility index (Phi) is 9.66. The molecule has 40 heavy (non-hydrogen) atoms. The molecule has 0 bridgehead atoms. The normalized spacial score (nSPS) is 11.8. The van der Waals surface area contributed by atoms with Gasteiger partial charge in [-0.2, -0.15) is 0 Å². The Hall–Kier alpha value is -3.62. The molecule has 0 unspecified atom stereocenters. The second-order valence-corrected chi connectivity index (χ2v) is 12.1. The van der Waals surface area contributed by atoms with Gasteiger partial charge < -0.3 is 19.1 Å². The number of aromatic nitrogens is 1. The molecule has 0 aliphatic rings. The standard InChI is InChI=1S/C32H38N2O5S/c1-23(2)32-31(22-25-9-6-7-10-28(25)33-32)40(35,36)27-14-12-26(13-15-27)39-20-8-18-34(3)19-17-24-11-16-29(37-4)30(21-24)38-5/h6-7,9-16,21-23H,8,17-20H2,1-5H3. The lowest BCUT2D eigenvalue weighted by Gasteiger charge is -2.17. The first-order valence-electron chi connectivity index (χ1n) is 13.5. The van der Waals surface area contributed by atoms with Crippen LogP contribution in [0.3, 0.4) is 0 Å². The first-order chi connectivity index (χ1) is 19.2. The minimum absolute atomic E-state index is 0.0332. The molecule has 1 aromatic heterocycles. The van der Waals surface area contributed by atoms with Crippen LogP contribution in [-0.4, -0.2) is 59.3 Å². The molecule has 0 aliphatic heterocycles. The Morgan fingerprint density at radius 2 is 1.60 bits per heavy atom. The minimum atomic E-state index is -3.74. The number of hydrogen-bond donors (Lipinski definition) is 0. The van der Waals surface area contributed by atoms with Gasteiger partial charge >= 0.3 is 0 Å². The number of sulfone groups is 1. The molecule has 8 heteroatoms. The van der Waals surface area contributed by atoms with Gasteiger partial charge in [-0.1, -0.05) is 38.1 Å². The smallest absolute Gasteiger partial charge is 0.208 e. The Labute approximate surface area is 237 Å². The summed E-state index contributed by atoms with van der Waals surface area (Å²) >= 11 is 0. The lowest BCUT2D eigenvalue weighted by atomic mass is 10.1. The third-order valence-corrected chi connectivity index (χ3v) is 8.67. The maximum absolute atomic E-state index is 13.6. The van der Waals surface area contributed by atoms with Crippen molar-refractivity contribution in [2.45, 2.75) is 42.4 Å². The largest absolute Gasteiger partial charge is 0.494 e. The number of likely N-dealkylation sites (N-methyl/N-ethyl adjacent to an activating group) is 1. The number of rotatable bonds is 13. The molecule has 0 radical (unpaired) electrons. The lowest BCUT2D eigenvalue weighted by molar-refractivity contribution is 0.264. The van der Waals surface area contributed by atoms with Gasteiger partial charge in [0.25, 0.3) is 0 Å². The van der Waals surface area contributed by atoms with Gasteiger partial charge in [-0.15, -0.1) is 0 Å². The van der Waals surface area contributed by atoms with E-state index >= 15 is 0 Å². The fraction of sp³-hybridized carbons (Fsp3) is 0.344. The van der Waals surface area contributed by atoms with Gasteiger partial charge in [-0.05, 0) is 79.9 Å². The summed E-state index contributed by atoms with van der Waals surface area (Å²) in [5.41, 5.74) is 2.56. The molecule has 4 rings (SSSR count). The lowest BCUT2D eigenvalue weighted by Crippen LogP contribution is -2.23. The number of para-hydroxylation sites is 1. The summed E-state index contributed by atoms with van der Waals surface area (Å²) < 4.78 is 43.8. The summed E-state index contributed by atoms with van der Waals surface area (Å²) in [6.45, 7) is 6.25. The molecule has 0 saturated heterocycles. The number of hydrogen-bond acceptors (Lipinski definition) is 7. The van der Waals surface area contributed by atoms with Crippen molar-refractivity contribution in [3.63, 3.8) is 0 Å². The first kappa shape index (κ1) is 29.4. The summed E-state index contributed by atoms with van der Waals surface area (Å²) in [4.78, 5) is 7.42. The van der Waals surface area contributed by atoms with Crippen LogP contribution in [0.1, 0.15) is 37.4 Å². The second kappa shape index (κ2) is 13.2. The Bertz CT molecular complexity index is 1540. The molecule has 0 atom stereocenters. The molecule has 0 saturated carbocycles. The zero-order chi connectivity index (χ0) is 28.7. The highest BCUT2D eigenvalue weighted by molar-refractivity contribution is 7.91. The summed E-state index contributed by atoms with van der Waals surface area (Å²) in [7, 11) is 1.63. The maximum Gasteiger partial charge on any atom is 0.208 e. The van der Waals surface area contributed by atoms with Crippen molar-refractivity contribution in [3.8, 4) is 17.2 Å². The van der Waals surface area contributed by atoms with Gasteiger partial charge in [0.1, 0.15) is 5.75 Å². The Balaban J connectivity index is 1.31. The zero-order valence-corrected chi connectivity index (χ0v) is 24.7. The summed E-state index contributed by atoms with van der Waals surface area (Å²) in [6.07, 6.45) is 1.75. The highest BCUT2D eigenvalue weighted by Crippen LogP contribution is 2.31. The fourth-order valence-corrected chi connectivity index (χ4v) is 6.16. The van der Waals surface area contributed by atoms with E-state index in [1.807, 2.05) is 50.2 Å². The average molecular weight is 563 g/mol. The highest BCUT2D eigenvalue weighted by atomic mass is 32.2. The van der Waals surface area contributed by atoms with E-state index in [4.69, 9.17) is 14.2 Å². The molecule has 3 aromatic carbocycles. The van der Waals surface area contributed by atoms with Crippen LogP contribution < -0.4 is 14.2 Å². The van der Waals surface area contributed by atoms with Crippen LogP contribution in [0.25, 0.3) is 10.9 Å². The molecular formula is C32H38N2O5S. The summed E-state index contributed by atoms with van der Waals surface area (Å²) in [5, 5.41) is 0.805. The third kappa shape index (κ3) is 6.92. The van der Waals surface area contributed by atoms with Crippen LogP contribution in [0.2, 0.25) is 0 Å². The zero-order valence-electron chi connectivity index (χ0n) is 23.9. The average Bonchev–Trinajstić information content (AvgIpc) is 2.97. The molecule has 0 amide bonds. The minimum Gasteiger partial charge on any atom is -0.494 e. The van der Waals surface area contributed by atoms with Crippen molar-refractivity contribution >= 4 is 20.7 Å². The molecule has 0 aliphatic carbocycles.